The minimum absolute atomic E-state index is 0.0615. The van der Waals surface area contributed by atoms with Gasteiger partial charge in [-0.05, 0) is 54.5 Å². The number of likely N-dealkylation sites (N-methyl/N-ethyl adjacent to an activating group) is 1. The highest BCUT2D eigenvalue weighted by Gasteiger charge is 2.38. The number of nitrogens with one attached hydrogen (secondary N) is 3. The molecular formula is C24H35N7O2+2. The highest BCUT2D eigenvalue weighted by atomic mass is 16.5. The number of hydrogen-bond donors (Lipinski definition) is 3. The molecule has 1 aromatic carbocycles. The summed E-state index contributed by atoms with van der Waals surface area (Å²) >= 11 is 0. The van der Waals surface area contributed by atoms with Crippen molar-refractivity contribution in [2.24, 2.45) is 0 Å². The number of aromatic amines is 1. The Kier molecular flexibility index (Phi) is 6.41. The number of pyridine rings is 1. The average molecular weight is 454 g/mol. The van der Waals surface area contributed by atoms with Crippen LogP contribution in [0.3, 0.4) is 0 Å². The Hall–Kier alpha value is -2.78. The summed E-state index contributed by atoms with van der Waals surface area (Å²) in [4.78, 5) is 19.4. The van der Waals surface area contributed by atoms with E-state index in [1.165, 1.54) is 29.1 Å². The van der Waals surface area contributed by atoms with Gasteiger partial charge in [-0.25, -0.2) is 4.68 Å². The fraction of sp³-hybridized carbons (Fsp3) is 0.583. The van der Waals surface area contributed by atoms with Crippen molar-refractivity contribution in [3.8, 4) is 5.75 Å². The summed E-state index contributed by atoms with van der Waals surface area (Å²) in [6.07, 6.45) is 5.88. The summed E-state index contributed by atoms with van der Waals surface area (Å²) < 4.78 is 7.74. The Morgan fingerprint density at radius 1 is 1.15 bits per heavy atom. The van der Waals surface area contributed by atoms with Crippen LogP contribution in [-0.4, -0.2) is 65.0 Å². The zero-order valence-corrected chi connectivity index (χ0v) is 19.6. The second kappa shape index (κ2) is 9.61. The summed E-state index contributed by atoms with van der Waals surface area (Å²) in [7, 11) is 2.23. The number of benzene rings is 1. The zero-order valence-electron chi connectivity index (χ0n) is 19.6. The summed E-state index contributed by atoms with van der Waals surface area (Å²) in [6, 6.07) is 7.96. The third-order valence-corrected chi connectivity index (χ3v) is 7.32. The Morgan fingerprint density at radius 2 is 1.94 bits per heavy atom. The molecule has 0 bridgehead atoms. The fourth-order valence-electron chi connectivity index (χ4n) is 5.48. The molecule has 3 aromatic rings. The molecule has 1 saturated carbocycles. The Bertz CT molecular complexity index is 1140. The van der Waals surface area contributed by atoms with Gasteiger partial charge in [0.2, 0.25) is 5.82 Å². The summed E-state index contributed by atoms with van der Waals surface area (Å²) in [5, 5.41) is 14.0. The first-order valence-electron chi connectivity index (χ1n) is 12.4. The van der Waals surface area contributed by atoms with Crippen LogP contribution in [0.5, 0.6) is 5.75 Å². The first-order chi connectivity index (χ1) is 16.1. The maximum absolute atomic E-state index is 13.4. The normalized spacial score (nSPS) is 23.0. The van der Waals surface area contributed by atoms with Crippen molar-refractivity contribution >= 4 is 10.9 Å². The zero-order chi connectivity index (χ0) is 22.8. The molecule has 2 aromatic heterocycles. The fourth-order valence-corrected chi connectivity index (χ4v) is 5.48. The molecule has 0 amide bonds. The van der Waals surface area contributed by atoms with Crippen molar-refractivity contribution in [2.45, 2.75) is 51.1 Å². The number of ether oxygens (including phenoxy) is 1. The number of H-pyrrole nitrogens is 1. The van der Waals surface area contributed by atoms with Crippen molar-refractivity contribution in [1.82, 2.24) is 25.2 Å². The molecule has 0 unspecified atom stereocenters. The van der Waals surface area contributed by atoms with Crippen LogP contribution in [0.4, 0.5) is 0 Å². The van der Waals surface area contributed by atoms with Gasteiger partial charge in [0, 0.05) is 10.9 Å². The van der Waals surface area contributed by atoms with E-state index in [0.717, 1.165) is 67.1 Å². The van der Waals surface area contributed by atoms with Crippen LogP contribution >= 0.6 is 0 Å². The Balaban J connectivity index is 1.61. The molecule has 33 heavy (non-hydrogen) atoms. The number of piperazine rings is 1. The monoisotopic (exact) mass is 453 g/mol. The molecule has 2 aliphatic rings. The van der Waals surface area contributed by atoms with Crippen molar-refractivity contribution < 1.29 is 14.5 Å². The van der Waals surface area contributed by atoms with E-state index in [1.54, 1.807) is 0 Å². The first-order valence-corrected chi connectivity index (χ1v) is 12.4. The van der Waals surface area contributed by atoms with Gasteiger partial charge in [-0.3, -0.25) is 4.79 Å². The Morgan fingerprint density at radius 3 is 2.70 bits per heavy atom. The summed E-state index contributed by atoms with van der Waals surface area (Å²) in [5.41, 5.74) is 1.49. The van der Waals surface area contributed by atoms with E-state index in [4.69, 9.17) is 4.74 Å². The van der Waals surface area contributed by atoms with Gasteiger partial charge in [0.15, 0.2) is 6.04 Å². The number of nitrogens with zero attached hydrogens (tertiary/aromatic N) is 4. The molecule has 5 rings (SSSR count). The SMILES string of the molecule is CCOc1ccc2[nH]c(=O)c([C@H](c3nnnn3C3CCCCC3)[NH+]3CC[NH+](C)CC3)cc2c1. The predicted molar refractivity (Wildman–Crippen MR) is 125 cm³/mol. The van der Waals surface area contributed by atoms with Crippen LogP contribution in [0, 0.1) is 0 Å². The number of rotatable bonds is 6. The van der Waals surface area contributed by atoms with Gasteiger partial charge in [0.1, 0.15) is 31.9 Å². The number of quaternary nitrogens is 2. The molecule has 1 aliphatic carbocycles. The summed E-state index contributed by atoms with van der Waals surface area (Å²) in [5.74, 6) is 1.63. The molecule has 3 N–H and O–H groups in total. The number of fused-ring (bicyclic) bond motifs is 1. The molecular weight excluding hydrogens is 418 g/mol. The first kappa shape index (κ1) is 22.0. The predicted octanol–water partition coefficient (Wildman–Crippen LogP) is -0.0789. The summed E-state index contributed by atoms with van der Waals surface area (Å²) in [6.45, 7) is 6.67. The highest BCUT2D eigenvalue weighted by Crippen LogP contribution is 2.30. The van der Waals surface area contributed by atoms with Gasteiger partial charge in [0.05, 0.1) is 25.3 Å². The molecule has 9 heteroatoms. The van der Waals surface area contributed by atoms with Crippen molar-refractivity contribution in [3.63, 3.8) is 0 Å². The van der Waals surface area contributed by atoms with Gasteiger partial charge in [0.25, 0.3) is 5.56 Å². The lowest BCUT2D eigenvalue weighted by Gasteiger charge is -2.33. The molecule has 2 fully saturated rings. The molecule has 176 valence electrons. The lowest BCUT2D eigenvalue weighted by molar-refractivity contribution is -1.02. The van der Waals surface area contributed by atoms with Crippen LogP contribution in [0.15, 0.2) is 29.1 Å². The van der Waals surface area contributed by atoms with Gasteiger partial charge in [-0.2, -0.15) is 0 Å². The average Bonchev–Trinajstić information content (AvgIpc) is 3.31. The number of hydrogen-bond acceptors (Lipinski definition) is 5. The molecule has 9 nitrogen and oxygen atoms in total. The van der Waals surface area contributed by atoms with Crippen LogP contribution in [0.25, 0.3) is 10.9 Å². The molecule has 0 spiro atoms. The molecule has 1 atom stereocenters. The van der Waals surface area contributed by atoms with E-state index < -0.39 is 0 Å². The second-order valence-corrected chi connectivity index (χ2v) is 9.56. The van der Waals surface area contributed by atoms with Crippen molar-refractivity contribution in [1.29, 1.82) is 0 Å². The lowest BCUT2D eigenvalue weighted by atomic mass is 9.95. The maximum atomic E-state index is 13.4. The molecule has 0 radical (unpaired) electrons. The quantitative estimate of drug-likeness (QED) is 0.486. The van der Waals surface area contributed by atoms with Crippen LogP contribution < -0.4 is 20.1 Å². The second-order valence-electron chi connectivity index (χ2n) is 9.56. The van der Waals surface area contributed by atoms with Gasteiger partial charge in [-0.15, -0.1) is 5.10 Å². The standard InChI is InChI=1S/C24H33N7O2/c1-3-33-19-9-10-21-17(15-19)16-20(24(32)25-21)22(30-13-11-29(2)12-14-30)23-26-27-28-31(23)18-7-5-4-6-8-18/h9-10,15-16,18,22H,3-8,11-14H2,1-2H3,(H,25,32)/p+2/t22-/m1/s1. The van der Waals surface area contributed by atoms with Gasteiger partial charge >= 0.3 is 0 Å². The minimum atomic E-state index is -0.195. The van der Waals surface area contributed by atoms with E-state index >= 15 is 0 Å². The van der Waals surface area contributed by atoms with Gasteiger partial charge in [-0.1, -0.05) is 19.3 Å². The number of aromatic nitrogens is 5. The van der Waals surface area contributed by atoms with E-state index in [0.29, 0.717) is 12.6 Å². The van der Waals surface area contributed by atoms with Gasteiger partial charge < -0.3 is 19.5 Å². The smallest absolute Gasteiger partial charge is 0.258 e. The molecule has 1 aliphatic heterocycles. The number of tetrazole rings is 1. The van der Waals surface area contributed by atoms with E-state index in [2.05, 4.69) is 27.6 Å². The third-order valence-electron chi connectivity index (χ3n) is 7.32. The Labute approximate surface area is 193 Å². The van der Waals surface area contributed by atoms with Crippen molar-refractivity contribution in [3.05, 3.63) is 46.0 Å². The van der Waals surface area contributed by atoms with Crippen LogP contribution in [0.2, 0.25) is 0 Å². The molecule has 1 saturated heterocycles. The van der Waals surface area contributed by atoms with Crippen molar-refractivity contribution in [2.75, 3.05) is 39.8 Å². The lowest BCUT2D eigenvalue weighted by Crippen LogP contribution is -3.27. The van der Waals surface area contributed by atoms with E-state index in [1.807, 2.05) is 35.9 Å². The van der Waals surface area contributed by atoms with E-state index in [-0.39, 0.29) is 11.6 Å². The molecule has 3 heterocycles. The van der Waals surface area contributed by atoms with Crippen LogP contribution in [0.1, 0.15) is 62.5 Å². The third kappa shape index (κ3) is 4.52. The highest BCUT2D eigenvalue weighted by molar-refractivity contribution is 5.80. The maximum Gasteiger partial charge on any atom is 0.258 e. The minimum Gasteiger partial charge on any atom is -0.494 e. The largest absolute Gasteiger partial charge is 0.494 e. The van der Waals surface area contributed by atoms with E-state index in [9.17, 15) is 4.79 Å². The van der Waals surface area contributed by atoms with Crippen LogP contribution in [-0.2, 0) is 0 Å². The topological polar surface area (TPSA) is 94.6 Å².